The van der Waals surface area contributed by atoms with E-state index >= 15 is 0 Å². The minimum atomic E-state index is -0.474. The number of hydrogen-bond acceptors (Lipinski definition) is 5. The van der Waals surface area contributed by atoms with Crippen molar-refractivity contribution in [3.05, 3.63) is 47.5 Å². The Morgan fingerprint density at radius 1 is 1.30 bits per heavy atom. The Hall–Kier alpha value is -1.40. The lowest BCUT2D eigenvalue weighted by molar-refractivity contribution is -0.144. The van der Waals surface area contributed by atoms with Crippen molar-refractivity contribution in [1.29, 1.82) is 0 Å². The van der Waals surface area contributed by atoms with Gasteiger partial charge in [0.2, 0.25) is 0 Å². The molecule has 0 radical (unpaired) electrons. The summed E-state index contributed by atoms with van der Waals surface area (Å²) >= 11 is 6.56. The average Bonchev–Trinajstić information content (AvgIpc) is 3.02. The van der Waals surface area contributed by atoms with Gasteiger partial charge in [0.1, 0.15) is 6.61 Å². The zero-order valence-electron chi connectivity index (χ0n) is 17.8. The number of aliphatic hydroxyl groups is 3. The van der Waals surface area contributed by atoms with E-state index in [0.717, 1.165) is 36.8 Å². The molecular formula is C24H35ClO5. The van der Waals surface area contributed by atoms with E-state index in [9.17, 15) is 15.0 Å². The average molecular weight is 439 g/mol. The van der Waals surface area contributed by atoms with E-state index < -0.39 is 12.2 Å². The molecule has 5 nitrogen and oxygen atoms in total. The molecule has 1 aromatic rings. The van der Waals surface area contributed by atoms with Gasteiger partial charge in [0, 0.05) is 17.7 Å². The van der Waals surface area contributed by atoms with Crippen molar-refractivity contribution >= 4 is 17.6 Å². The number of carbonyl (C=O) groups is 1. The van der Waals surface area contributed by atoms with Gasteiger partial charge in [0.15, 0.2) is 0 Å². The van der Waals surface area contributed by atoms with E-state index in [4.69, 9.17) is 21.4 Å². The fourth-order valence-corrected chi connectivity index (χ4v) is 4.62. The van der Waals surface area contributed by atoms with Crippen molar-refractivity contribution in [2.75, 3.05) is 13.2 Å². The summed E-state index contributed by atoms with van der Waals surface area (Å²) in [4.78, 5) is 11.4. The summed E-state index contributed by atoms with van der Waals surface area (Å²) in [6, 6.07) is 7.91. The molecule has 0 spiro atoms. The van der Waals surface area contributed by atoms with Crippen LogP contribution in [0.5, 0.6) is 0 Å². The number of unbranched alkanes of at least 4 members (excludes halogenated alkanes) is 1. The lowest BCUT2D eigenvalue weighted by atomic mass is 9.84. The molecular weight excluding hydrogens is 404 g/mol. The summed E-state index contributed by atoms with van der Waals surface area (Å²) in [5.74, 6) is -0.174. The van der Waals surface area contributed by atoms with Gasteiger partial charge in [-0.25, -0.2) is 0 Å². The van der Waals surface area contributed by atoms with Gasteiger partial charge >= 0.3 is 5.97 Å². The van der Waals surface area contributed by atoms with Crippen LogP contribution in [0.25, 0.3) is 0 Å². The van der Waals surface area contributed by atoms with E-state index in [2.05, 4.69) is 12.2 Å². The summed E-state index contributed by atoms with van der Waals surface area (Å²) < 4.78 is 4.83. The standard InChI is InChI=1S/C24H35ClO5/c1-2-7-21(27)17-10-12-18(13-11-17)24-19(20(25)16-22(24)28)8-5-3-4-6-9-23(29)30-15-14-26/h3,5,10-13,19-22,24,26-28H,2,4,6-9,14-16H2,1H3/t19-,20+,21?,22+,24+/m0/s1. The molecule has 6 heteroatoms. The maximum atomic E-state index is 11.4. The van der Waals surface area contributed by atoms with Crippen LogP contribution in [0.2, 0.25) is 0 Å². The molecule has 0 bridgehead atoms. The minimum absolute atomic E-state index is 0.0250. The highest BCUT2D eigenvalue weighted by molar-refractivity contribution is 6.21. The number of alkyl halides is 1. The van der Waals surface area contributed by atoms with Gasteiger partial charge in [-0.3, -0.25) is 4.79 Å². The predicted octanol–water partition coefficient (Wildman–Crippen LogP) is 4.24. The number of carbonyl (C=O) groups excluding carboxylic acids is 1. The summed E-state index contributed by atoms with van der Waals surface area (Å²) in [7, 11) is 0. The van der Waals surface area contributed by atoms with Crippen molar-refractivity contribution in [3.63, 3.8) is 0 Å². The molecule has 2 rings (SSSR count). The van der Waals surface area contributed by atoms with E-state index in [1.165, 1.54) is 0 Å². The number of ether oxygens (including phenoxy) is 1. The Labute approximate surface area is 184 Å². The Balaban J connectivity index is 1.89. The van der Waals surface area contributed by atoms with Crippen molar-refractivity contribution in [2.45, 2.75) is 75.4 Å². The molecule has 5 atom stereocenters. The highest BCUT2D eigenvalue weighted by Crippen LogP contribution is 2.45. The number of halogens is 1. The number of aliphatic hydroxyl groups excluding tert-OH is 3. The molecule has 1 saturated carbocycles. The molecule has 30 heavy (non-hydrogen) atoms. The summed E-state index contributed by atoms with van der Waals surface area (Å²) in [5.41, 5.74) is 1.97. The van der Waals surface area contributed by atoms with Crippen LogP contribution in [0.1, 0.15) is 75.0 Å². The van der Waals surface area contributed by atoms with Gasteiger partial charge in [0.25, 0.3) is 0 Å². The number of allylic oxidation sites excluding steroid dienone is 2. The van der Waals surface area contributed by atoms with Gasteiger partial charge in [-0.2, -0.15) is 0 Å². The van der Waals surface area contributed by atoms with E-state index in [0.29, 0.717) is 19.3 Å². The van der Waals surface area contributed by atoms with Crippen LogP contribution >= 0.6 is 11.6 Å². The van der Waals surface area contributed by atoms with Crippen LogP contribution in [0.3, 0.4) is 0 Å². The predicted molar refractivity (Wildman–Crippen MR) is 118 cm³/mol. The third-order valence-electron chi connectivity index (χ3n) is 5.76. The summed E-state index contributed by atoms with van der Waals surface area (Å²) in [6.45, 7) is 1.95. The van der Waals surface area contributed by atoms with Gasteiger partial charge in [-0.15, -0.1) is 11.6 Å². The van der Waals surface area contributed by atoms with Gasteiger partial charge in [-0.05, 0) is 49.1 Å². The van der Waals surface area contributed by atoms with Gasteiger partial charge < -0.3 is 20.1 Å². The monoisotopic (exact) mass is 438 g/mol. The van der Waals surface area contributed by atoms with E-state index in [1.807, 2.05) is 31.2 Å². The fourth-order valence-electron chi connectivity index (χ4n) is 4.17. The largest absolute Gasteiger partial charge is 0.463 e. The molecule has 0 aromatic heterocycles. The van der Waals surface area contributed by atoms with Crippen molar-refractivity contribution < 1.29 is 24.9 Å². The van der Waals surface area contributed by atoms with Crippen LogP contribution < -0.4 is 0 Å². The second-order valence-electron chi connectivity index (χ2n) is 8.02. The van der Waals surface area contributed by atoms with Crippen molar-refractivity contribution in [1.82, 2.24) is 0 Å². The maximum absolute atomic E-state index is 11.4. The maximum Gasteiger partial charge on any atom is 0.305 e. The fraction of sp³-hybridized carbons (Fsp3) is 0.625. The highest BCUT2D eigenvalue weighted by Gasteiger charge is 2.41. The van der Waals surface area contributed by atoms with E-state index in [-0.39, 0.29) is 36.4 Å². The summed E-state index contributed by atoms with van der Waals surface area (Å²) in [6.07, 6.45) is 8.03. The number of benzene rings is 1. The molecule has 1 aromatic carbocycles. The summed E-state index contributed by atoms with van der Waals surface area (Å²) in [5, 5.41) is 29.3. The molecule has 1 fully saturated rings. The SMILES string of the molecule is CCCC(O)c1ccc([C@@H]2[C@@H](CC=CCCCC(=O)OCCO)[C@H](Cl)C[C@H]2O)cc1. The molecule has 0 aliphatic heterocycles. The first-order chi connectivity index (χ1) is 14.5. The zero-order valence-corrected chi connectivity index (χ0v) is 18.5. The number of hydrogen-bond donors (Lipinski definition) is 3. The van der Waals surface area contributed by atoms with Gasteiger partial charge in [-0.1, -0.05) is 49.8 Å². The van der Waals surface area contributed by atoms with Crippen LogP contribution in [-0.4, -0.2) is 46.0 Å². The minimum Gasteiger partial charge on any atom is -0.463 e. The van der Waals surface area contributed by atoms with Crippen LogP contribution in [0.4, 0.5) is 0 Å². The topological polar surface area (TPSA) is 87.0 Å². The molecule has 0 amide bonds. The lowest BCUT2D eigenvalue weighted by Crippen LogP contribution is -2.18. The molecule has 1 aliphatic carbocycles. The Morgan fingerprint density at radius 3 is 2.70 bits per heavy atom. The van der Waals surface area contributed by atoms with Crippen LogP contribution in [-0.2, 0) is 9.53 Å². The Bertz CT molecular complexity index is 660. The second-order valence-corrected chi connectivity index (χ2v) is 8.58. The number of rotatable bonds is 12. The zero-order chi connectivity index (χ0) is 21.9. The molecule has 1 unspecified atom stereocenters. The quantitative estimate of drug-likeness (QED) is 0.196. The molecule has 3 N–H and O–H groups in total. The van der Waals surface area contributed by atoms with Crippen molar-refractivity contribution in [2.24, 2.45) is 5.92 Å². The lowest BCUT2D eigenvalue weighted by Gasteiger charge is -2.23. The number of esters is 1. The third-order valence-corrected chi connectivity index (χ3v) is 6.26. The third kappa shape index (κ3) is 7.38. The molecule has 0 heterocycles. The second kappa shape index (κ2) is 13.1. The van der Waals surface area contributed by atoms with Crippen LogP contribution in [0, 0.1) is 5.92 Å². The first-order valence-electron chi connectivity index (χ1n) is 11.0. The van der Waals surface area contributed by atoms with Gasteiger partial charge in [0.05, 0.1) is 18.8 Å². The Morgan fingerprint density at radius 2 is 2.03 bits per heavy atom. The van der Waals surface area contributed by atoms with Crippen molar-refractivity contribution in [3.8, 4) is 0 Å². The molecule has 1 aliphatic rings. The normalized spacial score (nSPS) is 25.0. The van der Waals surface area contributed by atoms with E-state index in [1.54, 1.807) is 0 Å². The van der Waals surface area contributed by atoms with Crippen LogP contribution in [0.15, 0.2) is 36.4 Å². The Kier molecular flexibility index (Phi) is 10.9. The first kappa shape index (κ1) is 24.9. The first-order valence-corrected chi connectivity index (χ1v) is 11.4. The molecule has 0 saturated heterocycles. The molecule has 168 valence electrons. The highest BCUT2D eigenvalue weighted by atomic mass is 35.5. The smallest absolute Gasteiger partial charge is 0.305 e.